The van der Waals surface area contributed by atoms with E-state index >= 15 is 0 Å². The first-order valence-electron chi connectivity index (χ1n) is 6.61. The summed E-state index contributed by atoms with van der Waals surface area (Å²) in [5, 5.41) is 3.46. The van der Waals surface area contributed by atoms with Crippen LogP contribution in [0.4, 0.5) is 0 Å². The molecule has 1 fully saturated rings. The molecule has 0 aliphatic carbocycles. The maximum Gasteiger partial charge on any atom is 0.241 e. The molecule has 0 bridgehead atoms. The van der Waals surface area contributed by atoms with Crippen LogP contribution in [0, 0.1) is 5.92 Å². The summed E-state index contributed by atoms with van der Waals surface area (Å²) in [6, 6.07) is 0.378. The Morgan fingerprint density at radius 2 is 1.94 bits per heavy atom. The summed E-state index contributed by atoms with van der Waals surface area (Å²) in [6.45, 7) is 10.7. The minimum Gasteiger partial charge on any atom is -0.323 e. The fourth-order valence-corrected chi connectivity index (χ4v) is 2.55. The first-order chi connectivity index (χ1) is 7.52. The highest BCUT2D eigenvalue weighted by Crippen LogP contribution is 2.22. The van der Waals surface area contributed by atoms with E-state index < -0.39 is 0 Å². The maximum absolute atomic E-state index is 12.3. The van der Waals surface area contributed by atoms with Crippen LogP contribution >= 0.6 is 0 Å². The zero-order valence-corrected chi connectivity index (χ0v) is 11.3. The maximum atomic E-state index is 12.3. The lowest BCUT2D eigenvalue weighted by Gasteiger charge is -2.29. The fourth-order valence-electron chi connectivity index (χ4n) is 2.55. The largest absolute Gasteiger partial charge is 0.323 e. The number of hydrogen-bond donors (Lipinski definition) is 1. The summed E-state index contributed by atoms with van der Waals surface area (Å²) in [5.41, 5.74) is 0. The van der Waals surface area contributed by atoms with Gasteiger partial charge in [0.1, 0.15) is 0 Å². The van der Waals surface area contributed by atoms with E-state index in [2.05, 4.69) is 44.8 Å². The highest BCUT2D eigenvalue weighted by molar-refractivity contribution is 5.84. The molecular weight excluding hydrogens is 200 g/mol. The third-order valence-corrected chi connectivity index (χ3v) is 3.46. The van der Waals surface area contributed by atoms with Gasteiger partial charge in [0.15, 0.2) is 0 Å². The van der Waals surface area contributed by atoms with Crippen LogP contribution in [-0.2, 0) is 4.79 Å². The summed E-state index contributed by atoms with van der Waals surface area (Å²) >= 11 is 0. The average molecular weight is 226 g/mol. The second kappa shape index (κ2) is 5.67. The molecule has 1 heterocycles. The van der Waals surface area contributed by atoms with Crippen LogP contribution in [0.15, 0.2) is 0 Å². The van der Waals surface area contributed by atoms with Gasteiger partial charge in [-0.3, -0.25) is 10.1 Å². The number of nitrogens with one attached hydrogen (secondary N) is 1. The molecule has 0 aromatic rings. The van der Waals surface area contributed by atoms with Crippen molar-refractivity contribution in [1.29, 1.82) is 0 Å². The normalized spacial score (nSPS) is 27.9. The van der Waals surface area contributed by atoms with Crippen molar-refractivity contribution in [2.45, 2.75) is 72.1 Å². The highest BCUT2D eigenvalue weighted by Gasteiger charge is 2.41. The molecule has 1 aliphatic heterocycles. The first-order valence-corrected chi connectivity index (χ1v) is 6.61. The topological polar surface area (TPSA) is 32.3 Å². The van der Waals surface area contributed by atoms with Gasteiger partial charge in [0, 0.05) is 6.04 Å². The van der Waals surface area contributed by atoms with Gasteiger partial charge in [0.25, 0.3) is 0 Å². The van der Waals surface area contributed by atoms with Crippen LogP contribution in [-0.4, -0.2) is 29.1 Å². The van der Waals surface area contributed by atoms with Crippen LogP contribution in [0.1, 0.15) is 53.9 Å². The van der Waals surface area contributed by atoms with Crippen LogP contribution < -0.4 is 5.32 Å². The molecule has 1 amide bonds. The molecule has 1 saturated heterocycles. The predicted octanol–water partition coefficient (Wildman–Crippen LogP) is 2.37. The van der Waals surface area contributed by atoms with Crippen molar-refractivity contribution in [2.24, 2.45) is 5.92 Å². The van der Waals surface area contributed by atoms with Crippen molar-refractivity contribution in [2.75, 3.05) is 0 Å². The molecule has 16 heavy (non-hydrogen) atoms. The SMILES string of the molecule is CCCC(C)N1C(=O)C(C(C)C)NC1CC. The van der Waals surface area contributed by atoms with Gasteiger partial charge in [-0.25, -0.2) is 0 Å². The van der Waals surface area contributed by atoms with E-state index in [1.807, 2.05) is 0 Å². The van der Waals surface area contributed by atoms with Gasteiger partial charge < -0.3 is 4.90 Å². The summed E-state index contributed by atoms with van der Waals surface area (Å²) in [4.78, 5) is 14.4. The Morgan fingerprint density at radius 3 is 2.38 bits per heavy atom. The van der Waals surface area contributed by atoms with Gasteiger partial charge >= 0.3 is 0 Å². The van der Waals surface area contributed by atoms with Gasteiger partial charge in [0.2, 0.25) is 5.91 Å². The Morgan fingerprint density at radius 1 is 1.31 bits per heavy atom. The molecule has 3 heteroatoms. The van der Waals surface area contributed by atoms with Crippen molar-refractivity contribution in [3.63, 3.8) is 0 Å². The second-order valence-electron chi connectivity index (χ2n) is 5.20. The van der Waals surface area contributed by atoms with Gasteiger partial charge in [-0.1, -0.05) is 34.1 Å². The monoisotopic (exact) mass is 226 g/mol. The van der Waals surface area contributed by atoms with E-state index in [1.54, 1.807) is 0 Å². The molecule has 0 aromatic heterocycles. The van der Waals surface area contributed by atoms with Crippen molar-refractivity contribution >= 4 is 5.91 Å². The van der Waals surface area contributed by atoms with E-state index in [4.69, 9.17) is 0 Å². The summed E-state index contributed by atoms with van der Waals surface area (Å²) in [7, 11) is 0. The van der Waals surface area contributed by atoms with Gasteiger partial charge in [-0.05, 0) is 25.7 Å². The molecule has 1 aliphatic rings. The average Bonchev–Trinajstić information content (AvgIpc) is 2.55. The molecule has 0 radical (unpaired) electrons. The number of carbonyl (C=O) groups is 1. The number of carbonyl (C=O) groups excluding carboxylic acids is 1. The van der Waals surface area contributed by atoms with E-state index in [1.165, 1.54) is 0 Å². The number of rotatable bonds is 5. The van der Waals surface area contributed by atoms with Gasteiger partial charge in [-0.2, -0.15) is 0 Å². The second-order valence-corrected chi connectivity index (χ2v) is 5.20. The lowest BCUT2D eigenvalue weighted by atomic mass is 10.0. The minimum atomic E-state index is 0.0178. The third-order valence-electron chi connectivity index (χ3n) is 3.46. The number of amides is 1. The van der Waals surface area contributed by atoms with Crippen LogP contribution in [0.3, 0.4) is 0 Å². The van der Waals surface area contributed by atoms with Crippen LogP contribution in [0.5, 0.6) is 0 Å². The van der Waals surface area contributed by atoms with Crippen LogP contribution in [0.2, 0.25) is 0 Å². The van der Waals surface area contributed by atoms with Crippen molar-refractivity contribution in [3.8, 4) is 0 Å². The Hall–Kier alpha value is -0.570. The molecule has 0 saturated carbocycles. The lowest BCUT2D eigenvalue weighted by molar-refractivity contribution is -0.132. The van der Waals surface area contributed by atoms with Gasteiger partial charge in [-0.15, -0.1) is 0 Å². The van der Waals surface area contributed by atoms with Crippen LogP contribution in [0.25, 0.3) is 0 Å². The Balaban J connectivity index is 2.77. The minimum absolute atomic E-state index is 0.0178. The van der Waals surface area contributed by atoms with E-state index in [0.717, 1.165) is 19.3 Å². The van der Waals surface area contributed by atoms with Crippen molar-refractivity contribution < 1.29 is 4.79 Å². The molecule has 3 nitrogen and oxygen atoms in total. The molecule has 3 unspecified atom stereocenters. The highest BCUT2D eigenvalue weighted by atomic mass is 16.2. The fraction of sp³-hybridized carbons (Fsp3) is 0.923. The lowest BCUT2D eigenvalue weighted by Crippen LogP contribution is -2.42. The Kier molecular flexibility index (Phi) is 4.78. The van der Waals surface area contributed by atoms with Crippen molar-refractivity contribution in [1.82, 2.24) is 10.2 Å². The third kappa shape index (κ3) is 2.57. The Bertz CT molecular complexity index is 240. The molecule has 0 aromatic carbocycles. The van der Waals surface area contributed by atoms with E-state index in [0.29, 0.717) is 17.9 Å². The zero-order chi connectivity index (χ0) is 12.3. The summed E-state index contributed by atoms with van der Waals surface area (Å²) < 4.78 is 0. The quantitative estimate of drug-likeness (QED) is 0.780. The molecule has 1 rings (SSSR count). The molecular formula is C13H26N2O. The zero-order valence-electron chi connectivity index (χ0n) is 11.3. The number of hydrogen-bond acceptors (Lipinski definition) is 2. The van der Waals surface area contributed by atoms with Crippen molar-refractivity contribution in [3.05, 3.63) is 0 Å². The summed E-state index contributed by atoms with van der Waals surface area (Å²) in [5.74, 6) is 0.670. The van der Waals surface area contributed by atoms with E-state index in [9.17, 15) is 4.79 Å². The molecule has 94 valence electrons. The number of nitrogens with zero attached hydrogens (tertiary/aromatic N) is 1. The predicted molar refractivity (Wildman–Crippen MR) is 67.1 cm³/mol. The smallest absolute Gasteiger partial charge is 0.241 e. The summed E-state index contributed by atoms with van der Waals surface area (Å²) in [6.07, 6.45) is 3.45. The molecule has 1 N–H and O–H groups in total. The van der Waals surface area contributed by atoms with E-state index in [-0.39, 0.29) is 12.2 Å². The molecule has 0 spiro atoms. The first kappa shape index (κ1) is 13.5. The molecule has 3 atom stereocenters. The van der Waals surface area contributed by atoms with Gasteiger partial charge in [0.05, 0.1) is 12.2 Å². The standard InChI is InChI=1S/C13H26N2O/c1-6-8-10(5)15-11(7-2)14-12(9(3)4)13(15)16/h9-12,14H,6-8H2,1-5H3. The Labute approximate surface area is 99.6 Å².